The third-order valence-electron chi connectivity index (χ3n) is 5.85. The fourth-order valence-electron chi connectivity index (χ4n) is 4.25. The van der Waals surface area contributed by atoms with Crippen LogP contribution in [0.4, 0.5) is 5.69 Å². The van der Waals surface area contributed by atoms with Crippen molar-refractivity contribution in [2.75, 3.05) is 11.9 Å². The minimum atomic E-state index is -0.167. The van der Waals surface area contributed by atoms with Gasteiger partial charge in [-0.15, -0.1) is 0 Å². The molecule has 1 aromatic heterocycles. The number of nitrogens with zero attached hydrogens (tertiary/aromatic N) is 1. The zero-order valence-electron chi connectivity index (χ0n) is 17.4. The number of anilines is 1. The first kappa shape index (κ1) is 20.4. The van der Waals surface area contributed by atoms with Crippen LogP contribution in [0.5, 0.6) is 0 Å². The maximum atomic E-state index is 12.0. The highest BCUT2D eigenvalue weighted by Crippen LogP contribution is 2.27. The van der Waals surface area contributed by atoms with Crippen molar-refractivity contribution in [2.24, 2.45) is 0 Å². The van der Waals surface area contributed by atoms with E-state index in [-0.39, 0.29) is 5.56 Å². The molecule has 0 saturated heterocycles. The van der Waals surface area contributed by atoms with E-state index in [1.54, 1.807) is 0 Å². The number of nitrogens with one attached hydrogen (secondary N) is 3. The topological polar surface area (TPSA) is 69.8 Å². The summed E-state index contributed by atoms with van der Waals surface area (Å²) < 4.78 is 0. The Bertz CT molecular complexity index is 1070. The maximum Gasteiger partial charge on any atom is 0.272 e. The lowest BCUT2D eigenvalue weighted by molar-refractivity contribution is 0.508. The summed E-state index contributed by atoms with van der Waals surface area (Å²) in [5.41, 5.74) is 3.57. The molecule has 2 aromatic carbocycles. The average Bonchev–Trinajstić information content (AvgIpc) is 3.28. The highest BCUT2D eigenvalue weighted by Gasteiger charge is 2.13. The first-order valence-electron chi connectivity index (χ1n) is 11.0. The molecule has 3 aromatic rings. The van der Waals surface area contributed by atoms with E-state index in [0.29, 0.717) is 5.39 Å². The second-order valence-corrected chi connectivity index (χ2v) is 8.15. The summed E-state index contributed by atoms with van der Waals surface area (Å²) in [6, 6.07) is 16.4. The SMILES string of the molecule is C=C(CCCCNC1CCCC1)Nc1cccc(-c2n[nH]c(=O)c3ccccc23)c1. The van der Waals surface area contributed by atoms with Crippen LogP contribution >= 0.6 is 0 Å². The van der Waals surface area contributed by atoms with Crippen molar-refractivity contribution in [3.8, 4) is 11.3 Å². The lowest BCUT2D eigenvalue weighted by Gasteiger charge is -2.13. The number of fused-ring (bicyclic) bond motifs is 1. The fraction of sp³-hybridized carbons (Fsp3) is 0.360. The molecule has 0 spiro atoms. The summed E-state index contributed by atoms with van der Waals surface area (Å²) in [5.74, 6) is 0. The van der Waals surface area contributed by atoms with Gasteiger partial charge in [-0.3, -0.25) is 4.79 Å². The first-order valence-corrected chi connectivity index (χ1v) is 11.0. The molecule has 0 unspecified atom stereocenters. The molecule has 1 saturated carbocycles. The van der Waals surface area contributed by atoms with E-state index in [4.69, 9.17) is 0 Å². The molecule has 0 aliphatic heterocycles. The van der Waals surface area contributed by atoms with Crippen LogP contribution in [0.15, 0.2) is 65.6 Å². The Morgan fingerprint density at radius 1 is 1.07 bits per heavy atom. The van der Waals surface area contributed by atoms with Crippen LogP contribution in [0.1, 0.15) is 44.9 Å². The van der Waals surface area contributed by atoms with Crippen LogP contribution in [0, 0.1) is 0 Å². The standard InChI is InChI=1S/C25H30N4O/c1-18(9-6-7-16-26-20-11-2-3-12-20)27-21-13-8-10-19(17-21)24-22-14-4-5-15-23(22)25(30)29-28-24/h4-5,8,10,13-15,17,20,26-27H,1-3,6-7,9,11-12,16H2,(H,29,30). The molecule has 1 heterocycles. The number of hydrogen-bond donors (Lipinski definition) is 3. The second-order valence-electron chi connectivity index (χ2n) is 8.15. The van der Waals surface area contributed by atoms with Gasteiger partial charge in [-0.1, -0.05) is 49.8 Å². The number of aromatic nitrogens is 2. The molecule has 1 fully saturated rings. The van der Waals surface area contributed by atoms with Crippen molar-refractivity contribution in [2.45, 2.75) is 51.0 Å². The third kappa shape index (κ3) is 4.97. The summed E-state index contributed by atoms with van der Waals surface area (Å²) in [4.78, 5) is 12.0. The number of H-pyrrole nitrogens is 1. The Morgan fingerprint density at radius 2 is 1.87 bits per heavy atom. The van der Waals surface area contributed by atoms with Gasteiger partial charge in [0, 0.05) is 28.4 Å². The van der Waals surface area contributed by atoms with Crippen molar-refractivity contribution < 1.29 is 0 Å². The highest BCUT2D eigenvalue weighted by atomic mass is 16.1. The molecule has 5 heteroatoms. The van der Waals surface area contributed by atoms with E-state index in [2.05, 4.69) is 33.5 Å². The molecule has 1 aliphatic rings. The maximum absolute atomic E-state index is 12.0. The van der Waals surface area contributed by atoms with Crippen molar-refractivity contribution >= 4 is 16.5 Å². The summed E-state index contributed by atoms with van der Waals surface area (Å²) in [7, 11) is 0. The van der Waals surface area contributed by atoms with Gasteiger partial charge in [-0.25, -0.2) is 5.10 Å². The van der Waals surface area contributed by atoms with Crippen LogP contribution in [-0.4, -0.2) is 22.8 Å². The summed E-state index contributed by atoms with van der Waals surface area (Å²) in [6.07, 6.45) is 8.68. The molecule has 0 bridgehead atoms. The van der Waals surface area contributed by atoms with E-state index in [1.165, 1.54) is 32.1 Å². The van der Waals surface area contributed by atoms with E-state index in [0.717, 1.165) is 53.5 Å². The Balaban J connectivity index is 1.35. The molecule has 5 nitrogen and oxygen atoms in total. The number of unbranched alkanes of at least 4 members (excludes halogenated alkanes) is 1. The van der Waals surface area contributed by atoms with Crippen LogP contribution in [0.25, 0.3) is 22.0 Å². The molecular weight excluding hydrogens is 372 g/mol. The molecule has 30 heavy (non-hydrogen) atoms. The largest absolute Gasteiger partial charge is 0.359 e. The molecule has 156 valence electrons. The Hall–Kier alpha value is -2.92. The minimum Gasteiger partial charge on any atom is -0.359 e. The van der Waals surface area contributed by atoms with Crippen LogP contribution in [0.3, 0.4) is 0 Å². The lowest BCUT2D eigenvalue weighted by Crippen LogP contribution is -2.26. The highest BCUT2D eigenvalue weighted by molar-refractivity contribution is 5.94. The monoisotopic (exact) mass is 402 g/mol. The molecule has 0 atom stereocenters. The predicted molar refractivity (Wildman–Crippen MR) is 125 cm³/mol. The molecule has 4 rings (SSSR count). The van der Waals surface area contributed by atoms with Gasteiger partial charge in [0.2, 0.25) is 0 Å². The predicted octanol–water partition coefficient (Wildman–Crippen LogP) is 5.22. The Labute approximate surface area is 177 Å². The van der Waals surface area contributed by atoms with Crippen LogP contribution in [0.2, 0.25) is 0 Å². The molecule has 1 aliphatic carbocycles. The van der Waals surface area contributed by atoms with E-state index in [9.17, 15) is 4.79 Å². The molecule has 0 amide bonds. The van der Waals surface area contributed by atoms with Gasteiger partial charge in [0.15, 0.2) is 0 Å². The number of allylic oxidation sites excluding steroid dienone is 1. The van der Waals surface area contributed by atoms with Gasteiger partial charge in [-0.2, -0.15) is 5.10 Å². The van der Waals surface area contributed by atoms with Crippen molar-refractivity contribution in [3.05, 3.63) is 71.2 Å². The third-order valence-corrected chi connectivity index (χ3v) is 5.85. The first-order chi connectivity index (χ1) is 14.7. The van der Waals surface area contributed by atoms with E-state index in [1.807, 2.05) is 42.5 Å². The van der Waals surface area contributed by atoms with Crippen molar-refractivity contribution in [3.63, 3.8) is 0 Å². The number of hydrogen-bond acceptors (Lipinski definition) is 4. The van der Waals surface area contributed by atoms with E-state index >= 15 is 0 Å². The van der Waals surface area contributed by atoms with Gasteiger partial charge in [0.25, 0.3) is 5.56 Å². The van der Waals surface area contributed by atoms with Crippen LogP contribution in [-0.2, 0) is 0 Å². The van der Waals surface area contributed by atoms with Crippen molar-refractivity contribution in [1.82, 2.24) is 15.5 Å². The number of rotatable bonds is 9. The van der Waals surface area contributed by atoms with Crippen molar-refractivity contribution in [1.29, 1.82) is 0 Å². The molecular formula is C25H30N4O. The van der Waals surface area contributed by atoms with Gasteiger partial charge >= 0.3 is 0 Å². The summed E-state index contributed by atoms with van der Waals surface area (Å²) in [5, 5.41) is 15.5. The normalized spacial score (nSPS) is 14.3. The van der Waals surface area contributed by atoms with Crippen LogP contribution < -0.4 is 16.2 Å². The fourth-order valence-corrected chi connectivity index (χ4v) is 4.25. The smallest absolute Gasteiger partial charge is 0.272 e. The van der Waals surface area contributed by atoms with Gasteiger partial charge in [-0.05, 0) is 56.8 Å². The van der Waals surface area contributed by atoms with Gasteiger partial charge in [0.05, 0.1) is 11.1 Å². The quantitative estimate of drug-likeness (QED) is 0.429. The Kier molecular flexibility index (Phi) is 6.60. The second kappa shape index (κ2) is 9.72. The molecule has 3 N–H and O–H groups in total. The minimum absolute atomic E-state index is 0.167. The average molecular weight is 403 g/mol. The van der Waals surface area contributed by atoms with E-state index < -0.39 is 0 Å². The Morgan fingerprint density at radius 3 is 2.70 bits per heavy atom. The number of aromatic amines is 1. The van der Waals surface area contributed by atoms with Gasteiger partial charge in [0.1, 0.15) is 0 Å². The zero-order valence-corrected chi connectivity index (χ0v) is 17.4. The lowest BCUT2D eigenvalue weighted by atomic mass is 10.0. The molecule has 0 radical (unpaired) electrons. The zero-order chi connectivity index (χ0) is 20.8. The summed E-state index contributed by atoms with van der Waals surface area (Å²) in [6.45, 7) is 5.29. The number of benzene rings is 2. The van der Waals surface area contributed by atoms with Gasteiger partial charge < -0.3 is 10.6 Å². The summed E-state index contributed by atoms with van der Waals surface area (Å²) >= 11 is 0.